The second-order valence-electron chi connectivity index (χ2n) is 4.34. The molecule has 1 aromatic rings. The first kappa shape index (κ1) is 13.7. The highest BCUT2D eigenvalue weighted by atomic mass is 16.5. The van der Waals surface area contributed by atoms with Crippen LogP contribution in [0.25, 0.3) is 0 Å². The number of hydrogen-bond donors (Lipinski definition) is 3. The summed E-state index contributed by atoms with van der Waals surface area (Å²) in [6.07, 6.45) is 2.64. The molecular weight excluding hydrogens is 246 g/mol. The maximum absolute atomic E-state index is 9.15. The number of aromatic nitrogens is 2. The number of ether oxygens (including phenoxy) is 1. The van der Waals surface area contributed by atoms with E-state index in [1.165, 1.54) is 6.20 Å². The molecule has 2 heterocycles. The standard InChI is InChI=1S/C12H19N5O2/c1-3-15-12(13)11-8(2)17(7-16-11)10-5-14-4-9(6-18)19-10/h3,7,9-10,14,18H,1,4-6H2,2H3,(H2,13,15)/t9?,10-/m1/s1. The number of nitrogens with zero attached hydrogens (tertiary/aromatic N) is 3. The highest BCUT2D eigenvalue weighted by molar-refractivity contribution is 5.97. The minimum Gasteiger partial charge on any atom is -0.394 e. The van der Waals surface area contributed by atoms with Gasteiger partial charge in [-0.2, -0.15) is 0 Å². The third-order valence-electron chi connectivity index (χ3n) is 3.07. The first-order chi connectivity index (χ1) is 9.17. The van der Waals surface area contributed by atoms with E-state index in [4.69, 9.17) is 15.6 Å². The summed E-state index contributed by atoms with van der Waals surface area (Å²) in [4.78, 5) is 8.18. The molecule has 1 aliphatic rings. The molecule has 1 saturated heterocycles. The number of nitrogens with one attached hydrogen (secondary N) is 1. The van der Waals surface area contributed by atoms with Crippen LogP contribution in [-0.4, -0.2) is 46.3 Å². The van der Waals surface area contributed by atoms with Gasteiger partial charge < -0.3 is 25.5 Å². The van der Waals surface area contributed by atoms with E-state index in [2.05, 4.69) is 21.9 Å². The zero-order valence-electron chi connectivity index (χ0n) is 10.9. The molecule has 1 aliphatic heterocycles. The Labute approximate surface area is 111 Å². The molecule has 104 valence electrons. The number of morpholine rings is 1. The Hall–Kier alpha value is -1.70. The number of hydrogen-bond acceptors (Lipinski definition) is 5. The van der Waals surface area contributed by atoms with Gasteiger partial charge in [-0.3, -0.25) is 0 Å². The second-order valence-corrected chi connectivity index (χ2v) is 4.34. The molecule has 1 unspecified atom stereocenters. The van der Waals surface area contributed by atoms with E-state index in [1.54, 1.807) is 6.33 Å². The fourth-order valence-corrected chi connectivity index (χ4v) is 2.08. The Morgan fingerprint density at radius 1 is 1.79 bits per heavy atom. The molecular formula is C12H19N5O2. The predicted molar refractivity (Wildman–Crippen MR) is 71.8 cm³/mol. The van der Waals surface area contributed by atoms with Gasteiger partial charge in [0.25, 0.3) is 0 Å². The van der Waals surface area contributed by atoms with Gasteiger partial charge in [0.1, 0.15) is 11.9 Å². The van der Waals surface area contributed by atoms with Crippen LogP contribution in [0.15, 0.2) is 24.1 Å². The van der Waals surface area contributed by atoms with Gasteiger partial charge in [0.05, 0.1) is 19.0 Å². The summed E-state index contributed by atoms with van der Waals surface area (Å²) in [7, 11) is 0. The molecule has 0 aromatic carbocycles. The molecule has 1 aromatic heterocycles. The number of amidine groups is 1. The van der Waals surface area contributed by atoms with Gasteiger partial charge in [-0.15, -0.1) is 0 Å². The van der Waals surface area contributed by atoms with Gasteiger partial charge in [0, 0.05) is 25.0 Å². The number of imidazole rings is 1. The average Bonchev–Trinajstić information content (AvgIpc) is 2.81. The monoisotopic (exact) mass is 265 g/mol. The fraction of sp³-hybridized carbons (Fsp3) is 0.500. The molecule has 0 amide bonds. The summed E-state index contributed by atoms with van der Waals surface area (Å²) in [6, 6.07) is 0. The van der Waals surface area contributed by atoms with E-state index in [1.807, 2.05) is 11.5 Å². The zero-order chi connectivity index (χ0) is 13.8. The van der Waals surface area contributed by atoms with Crippen molar-refractivity contribution >= 4 is 5.84 Å². The first-order valence-corrected chi connectivity index (χ1v) is 6.12. The molecule has 2 rings (SSSR count). The van der Waals surface area contributed by atoms with Crippen LogP contribution in [0, 0.1) is 6.92 Å². The van der Waals surface area contributed by atoms with E-state index in [-0.39, 0.29) is 18.9 Å². The Kier molecular flexibility index (Phi) is 4.31. The van der Waals surface area contributed by atoms with Crippen LogP contribution in [0.5, 0.6) is 0 Å². The van der Waals surface area contributed by atoms with Gasteiger partial charge in [-0.25, -0.2) is 9.98 Å². The maximum Gasteiger partial charge on any atom is 0.151 e. The van der Waals surface area contributed by atoms with Crippen LogP contribution in [0.2, 0.25) is 0 Å². The van der Waals surface area contributed by atoms with Gasteiger partial charge >= 0.3 is 0 Å². The largest absolute Gasteiger partial charge is 0.394 e. The number of nitrogens with two attached hydrogens (primary N) is 1. The Bertz CT molecular complexity index is 482. The van der Waals surface area contributed by atoms with Crippen molar-refractivity contribution in [1.82, 2.24) is 14.9 Å². The Morgan fingerprint density at radius 2 is 2.58 bits per heavy atom. The van der Waals surface area contributed by atoms with Crippen molar-refractivity contribution in [1.29, 1.82) is 0 Å². The number of aliphatic hydroxyl groups is 1. The first-order valence-electron chi connectivity index (χ1n) is 6.12. The van der Waals surface area contributed by atoms with Crippen molar-refractivity contribution in [2.45, 2.75) is 19.3 Å². The smallest absolute Gasteiger partial charge is 0.151 e. The molecule has 0 bridgehead atoms. The van der Waals surface area contributed by atoms with Crippen molar-refractivity contribution in [3.05, 3.63) is 30.5 Å². The number of aliphatic imine (C=N–C) groups is 1. The minimum atomic E-state index is -0.205. The topological polar surface area (TPSA) is 97.7 Å². The third-order valence-corrected chi connectivity index (χ3v) is 3.07. The van der Waals surface area contributed by atoms with E-state index in [0.717, 1.165) is 5.69 Å². The molecule has 0 spiro atoms. The van der Waals surface area contributed by atoms with Crippen LogP contribution < -0.4 is 11.1 Å². The summed E-state index contributed by atoms with van der Waals surface area (Å²) in [5.41, 5.74) is 7.30. The normalized spacial score (nSPS) is 24.4. The zero-order valence-corrected chi connectivity index (χ0v) is 10.9. The highest BCUT2D eigenvalue weighted by Gasteiger charge is 2.24. The van der Waals surface area contributed by atoms with Crippen molar-refractivity contribution in [2.24, 2.45) is 10.7 Å². The SMILES string of the molecule is C=C/N=C(/N)c1ncn([C@H]2CNCC(CO)O2)c1C. The molecule has 7 heteroatoms. The lowest BCUT2D eigenvalue weighted by Crippen LogP contribution is -2.44. The number of aliphatic hydroxyl groups excluding tert-OH is 1. The summed E-state index contributed by atoms with van der Waals surface area (Å²) < 4.78 is 7.65. The van der Waals surface area contributed by atoms with Gasteiger partial charge in [-0.1, -0.05) is 6.58 Å². The quantitative estimate of drug-likeness (QED) is 0.504. The van der Waals surface area contributed by atoms with Gasteiger partial charge in [0.15, 0.2) is 5.84 Å². The minimum absolute atomic E-state index is 0.00976. The maximum atomic E-state index is 9.15. The Morgan fingerprint density at radius 3 is 3.26 bits per heavy atom. The molecule has 0 saturated carbocycles. The van der Waals surface area contributed by atoms with Crippen LogP contribution in [0.4, 0.5) is 0 Å². The average molecular weight is 265 g/mol. The van der Waals surface area contributed by atoms with E-state index >= 15 is 0 Å². The number of rotatable bonds is 4. The second kappa shape index (κ2) is 5.96. The van der Waals surface area contributed by atoms with Gasteiger partial charge in [0.2, 0.25) is 0 Å². The summed E-state index contributed by atoms with van der Waals surface area (Å²) in [6.45, 7) is 6.71. The summed E-state index contributed by atoms with van der Waals surface area (Å²) >= 11 is 0. The van der Waals surface area contributed by atoms with Crippen molar-refractivity contribution in [2.75, 3.05) is 19.7 Å². The van der Waals surface area contributed by atoms with E-state index in [0.29, 0.717) is 24.6 Å². The van der Waals surface area contributed by atoms with Gasteiger partial charge in [-0.05, 0) is 6.92 Å². The van der Waals surface area contributed by atoms with E-state index in [9.17, 15) is 0 Å². The fourth-order valence-electron chi connectivity index (χ4n) is 2.08. The molecule has 7 nitrogen and oxygen atoms in total. The lowest BCUT2D eigenvalue weighted by Gasteiger charge is -2.31. The summed E-state index contributed by atoms with van der Waals surface area (Å²) in [5, 5.41) is 12.4. The molecule has 19 heavy (non-hydrogen) atoms. The molecule has 0 radical (unpaired) electrons. The molecule has 1 fully saturated rings. The highest BCUT2D eigenvalue weighted by Crippen LogP contribution is 2.18. The lowest BCUT2D eigenvalue weighted by molar-refractivity contribution is -0.0955. The Balaban J connectivity index is 2.22. The van der Waals surface area contributed by atoms with Crippen LogP contribution in [0.1, 0.15) is 17.6 Å². The molecule has 2 atom stereocenters. The van der Waals surface area contributed by atoms with Crippen molar-refractivity contribution < 1.29 is 9.84 Å². The summed E-state index contributed by atoms with van der Waals surface area (Å²) in [5.74, 6) is 0.328. The van der Waals surface area contributed by atoms with Crippen molar-refractivity contribution in [3.8, 4) is 0 Å². The lowest BCUT2D eigenvalue weighted by atomic mass is 10.3. The third kappa shape index (κ3) is 2.83. The van der Waals surface area contributed by atoms with Crippen molar-refractivity contribution in [3.63, 3.8) is 0 Å². The van der Waals surface area contributed by atoms with Crippen LogP contribution >= 0.6 is 0 Å². The predicted octanol–water partition coefficient (Wildman–Crippen LogP) is -0.480. The van der Waals surface area contributed by atoms with Crippen LogP contribution in [-0.2, 0) is 4.74 Å². The molecule has 4 N–H and O–H groups in total. The van der Waals surface area contributed by atoms with Crippen LogP contribution in [0.3, 0.4) is 0 Å². The molecule has 0 aliphatic carbocycles. The van der Waals surface area contributed by atoms with E-state index < -0.39 is 0 Å².